The molecule has 0 aromatic rings. The lowest BCUT2D eigenvalue weighted by molar-refractivity contribution is -0.332. The minimum absolute atomic E-state index is 0.140. The molecule has 0 bridgehead atoms. The van der Waals surface area contributed by atoms with Gasteiger partial charge in [-0.15, -0.1) is 6.58 Å². The van der Waals surface area contributed by atoms with Crippen LogP contribution in [0.3, 0.4) is 0 Å². The molecule has 2 rings (SSSR count). The van der Waals surface area contributed by atoms with Crippen LogP contribution in [-0.2, 0) is 38.0 Å². The number of unbranched alkanes of at least 4 members (excludes halogenated alkanes) is 17. The van der Waals surface area contributed by atoms with Gasteiger partial charge >= 0.3 is 11.9 Å². The Bertz CT molecular complexity index is 1400. The van der Waals surface area contributed by atoms with Crippen LogP contribution >= 0.6 is 0 Å². The number of hydrogen-bond acceptors (Lipinski definition) is 15. The molecule has 0 aromatic carbocycles. The number of hydrogen-bond donors (Lipinski definition) is 7. The lowest BCUT2D eigenvalue weighted by Gasteiger charge is -2.42. The van der Waals surface area contributed by atoms with Gasteiger partial charge in [0.15, 0.2) is 18.7 Å². The smallest absolute Gasteiger partial charge is 0.306 e. The van der Waals surface area contributed by atoms with E-state index < -0.39 is 99.3 Å². The van der Waals surface area contributed by atoms with Gasteiger partial charge in [0.1, 0.15) is 55.4 Å². The average molecular weight is 967 g/mol. The Kier molecular flexibility index (Phi) is 36.0. The van der Waals surface area contributed by atoms with Crippen LogP contribution < -0.4 is 0 Å². The summed E-state index contributed by atoms with van der Waals surface area (Å²) < 4.78 is 33.5. The van der Waals surface area contributed by atoms with Crippen molar-refractivity contribution >= 4 is 11.9 Å². The second-order valence-electron chi connectivity index (χ2n) is 18.1. The summed E-state index contributed by atoms with van der Waals surface area (Å²) in [5.41, 5.74) is 0. The molecular weight excluding hydrogens is 877 g/mol. The molecule has 0 aliphatic carbocycles. The van der Waals surface area contributed by atoms with Gasteiger partial charge in [-0.25, -0.2) is 0 Å². The average Bonchev–Trinajstić information content (AvgIpc) is 3.33. The molecule has 2 aliphatic rings. The van der Waals surface area contributed by atoms with Crippen molar-refractivity contribution in [2.75, 3.05) is 26.4 Å². The summed E-state index contributed by atoms with van der Waals surface area (Å²) in [5, 5.41) is 72.1. The maximum absolute atomic E-state index is 13.0. The number of allylic oxidation sites excluding steroid dienone is 9. The van der Waals surface area contributed by atoms with E-state index in [1.807, 2.05) is 12.2 Å². The maximum Gasteiger partial charge on any atom is 0.306 e. The van der Waals surface area contributed by atoms with E-state index in [4.69, 9.17) is 28.4 Å². The third kappa shape index (κ3) is 27.6. The predicted molar refractivity (Wildman–Crippen MR) is 261 cm³/mol. The first-order valence-electron chi connectivity index (χ1n) is 25.8. The number of aliphatic hydroxyl groups excluding tert-OH is 7. The fraction of sp³-hybridized carbons (Fsp3) is 0.774. The second-order valence-corrected chi connectivity index (χ2v) is 18.1. The van der Waals surface area contributed by atoms with Gasteiger partial charge in [-0.3, -0.25) is 9.59 Å². The van der Waals surface area contributed by atoms with Gasteiger partial charge in [0.2, 0.25) is 0 Å². The summed E-state index contributed by atoms with van der Waals surface area (Å²) >= 11 is 0. The normalized spacial score (nSPS) is 26.1. The van der Waals surface area contributed by atoms with Crippen molar-refractivity contribution in [1.29, 1.82) is 0 Å². The van der Waals surface area contributed by atoms with Crippen LogP contribution in [0.4, 0.5) is 0 Å². The molecule has 68 heavy (non-hydrogen) atoms. The van der Waals surface area contributed by atoms with Gasteiger partial charge < -0.3 is 64.2 Å². The fourth-order valence-electron chi connectivity index (χ4n) is 7.84. The van der Waals surface area contributed by atoms with Crippen LogP contribution in [0.25, 0.3) is 0 Å². The summed E-state index contributed by atoms with van der Waals surface area (Å²) in [6, 6.07) is 0. The zero-order chi connectivity index (χ0) is 49.6. The van der Waals surface area contributed by atoms with Gasteiger partial charge in [0, 0.05) is 12.8 Å². The molecule has 392 valence electrons. The third-order valence-electron chi connectivity index (χ3n) is 12.1. The van der Waals surface area contributed by atoms with Gasteiger partial charge in [0.05, 0.1) is 19.8 Å². The predicted octanol–water partition coefficient (Wildman–Crippen LogP) is 7.27. The molecule has 4 unspecified atom stereocenters. The quantitative estimate of drug-likeness (QED) is 0.0182. The Morgan fingerprint density at radius 1 is 0.515 bits per heavy atom. The van der Waals surface area contributed by atoms with E-state index in [1.165, 1.54) is 77.0 Å². The first kappa shape index (κ1) is 61.3. The van der Waals surface area contributed by atoms with E-state index in [9.17, 15) is 45.3 Å². The standard InChI is InChI=1S/C53H90O15/c1-3-5-7-9-11-13-15-17-19-20-22-23-25-27-29-31-33-35-44(55)63-38-41(66-45(56)36-34-32-30-28-26-24-21-18-16-14-12-10-8-6-4-2)39-64-52-51(62)49(60)47(58)43(68-52)40-65-53-50(61)48(59)46(57)42(37-54)67-53/h4,11,13,17,19,22-23,27,29,41-43,46-54,57-62H,2-3,5-10,12,14-16,18,20-21,24-26,28,30-40H2,1H3/b13-11+,19-17+,23-22+,29-27+/t41-,42+,43+,46-,47-,48?,49?,50?,51?,52+,53+/m0/s1. The van der Waals surface area contributed by atoms with Crippen LogP contribution in [0.15, 0.2) is 61.3 Å². The topological polar surface area (TPSA) is 231 Å². The van der Waals surface area contributed by atoms with Crippen molar-refractivity contribution in [1.82, 2.24) is 0 Å². The van der Waals surface area contributed by atoms with E-state index in [0.717, 1.165) is 51.4 Å². The Morgan fingerprint density at radius 3 is 1.51 bits per heavy atom. The molecule has 0 spiro atoms. The van der Waals surface area contributed by atoms with Crippen molar-refractivity contribution in [3.8, 4) is 0 Å². The molecule has 0 aromatic heterocycles. The molecule has 2 saturated heterocycles. The summed E-state index contributed by atoms with van der Waals surface area (Å²) in [6.07, 6.45) is 27.1. The Balaban J connectivity index is 1.83. The summed E-state index contributed by atoms with van der Waals surface area (Å²) in [7, 11) is 0. The van der Waals surface area contributed by atoms with Crippen molar-refractivity contribution in [2.24, 2.45) is 0 Å². The minimum Gasteiger partial charge on any atom is -0.462 e. The second kappa shape index (κ2) is 39.9. The van der Waals surface area contributed by atoms with E-state index in [-0.39, 0.29) is 19.4 Å². The highest BCUT2D eigenvalue weighted by Crippen LogP contribution is 2.26. The molecule has 15 heteroatoms. The third-order valence-corrected chi connectivity index (χ3v) is 12.1. The Hall–Kier alpha value is -2.80. The molecule has 2 fully saturated rings. The number of esters is 2. The van der Waals surface area contributed by atoms with Gasteiger partial charge in [-0.1, -0.05) is 145 Å². The lowest BCUT2D eigenvalue weighted by Crippen LogP contribution is -2.61. The van der Waals surface area contributed by atoms with Crippen LogP contribution in [0, 0.1) is 0 Å². The maximum atomic E-state index is 13.0. The van der Waals surface area contributed by atoms with Crippen molar-refractivity contribution in [3.63, 3.8) is 0 Å². The van der Waals surface area contributed by atoms with Crippen molar-refractivity contribution < 1.29 is 73.8 Å². The first-order chi connectivity index (χ1) is 33.0. The molecule has 11 atom stereocenters. The van der Waals surface area contributed by atoms with E-state index >= 15 is 0 Å². The number of carbonyl (C=O) groups is 2. The summed E-state index contributed by atoms with van der Waals surface area (Å²) in [6.45, 7) is 4.03. The van der Waals surface area contributed by atoms with Crippen molar-refractivity contribution in [3.05, 3.63) is 61.3 Å². The number of ether oxygens (including phenoxy) is 6. The van der Waals surface area contributed by atoms with Crippen LogP contribution in [0.1, 0.15) is 167 Å². The number of rotatable bonds is 40. The number of carbonyl (C=O) groups excluding carboxylic acids is 2. The number of aliphatic hydroxyl groups is 7. The molecule has 0 amide bonds. The van der Waals surface area contributed by atoms with Crippen LogP contribution in [-0.4, -0.2) is 142 Å². The fourth-order valence-corrected chi connectivity index (χ4v) is 7.84. The molecule has 15 nitrogen and oxygen atoms in total. The minimum atomic E-state index is -1.77. The van der Waals surface area contributed by atoms with Crippen molar-refractivity contribution in [2.45, 2.75) is 235 Å². The molecule has 0 saturated carbocycles. The SMILES string of the molecule is C=CCCCCCCCCCCCCCCCC(=O)O[C@@H](COC(=O)CCC/C=C/C/C=C/C/C=C/C/C=C/CCCCC)CO[C@@H]1O[C@H](CO[C@@H]2O[C@H](CO)[C@H](O)C(O)C2O)[C@H](O)C(O)C1O. The molecule has 0 radical (unpaired) electrons. The van der Waals surface area contributed by atoms with E-state index in [0.29, 0.717) is 19.3 Å². The Labute approximate surface area is 407 Å². The monoisotopic (exact) mass is 967 g/mol. The zero-order valence-electron chi connectivity index (χ0n) is 41.2. The largest absolute Gasteiger partial charge is 0.462 e. The van der Waals surface area contributed by atoms with Gasteiger partial charge in [-0.2, -0.15) is 0 Å². The molecule has 2 aliphatic heterocycles. The summed E-state index contributed by atoms with van der Waals surface area (Å²) in [5.74, 6) is -0.995. The highest BCUT2D eigenvalue weighted by Gasteiger charge is 2.47. The van der Waals surface area contributed by atoms with E-state index in [2.05, 4.69) is 56.0 Å². The van der Waals surface area contributed by atoms with Gasteiger partial charge in [0.25, 0.3) is 0 Å². The first-order valence-corrected chi connectivity index (χ1v) is 25.8. The highest BCUT2D eigenvalue weighted by atomic mass is 16.7. The molecular formula is C53H90O15. The summed E-state index contributed by atoms with van der Waals surface area (Å²) in [4.78, 5) is 25.7. The Morgan fingerprint density at radius 2 is 0.971 bits per heavy atom. The molecule has 2 heterocycles. The van der Waals surface area contributed by atoms with Crippen LogP contribution in [0.2, 0.25) is 0 Å². The molecule has 7 N–H and O–H groups in total. The zero-order valence-corrected chi connectivity index (χ0v) is 41.2. The van der Waals surface area contributed by atoms with Gasteiger partial charge in [-0.05, 0) is 64.2 Å². The highest BCUT2D eigenvalue weighted by molar-refractivity contribution is 5.70. The van der Waals surface area contributed by atoms with Crippen LogP contribution in [0.5, 0.6) is 0 Å². The van der Waals surface area contributed by atoms with E-state index in [1.54, 1.807) is 0 Å². The lowest BCUT2D eigenvalue weighted by atomic mass is 9.98.